The summed E-state index contributed by atoms with van der Waals surface area (Å²) in [5.41, 5.74) is 9.08. The van der Waals surface area contributed by atoms with E-state index in [0.717, 1.165) is 17.4 Å². The van der Waals surface area contributed by atoms with Crippen molar-refractivity contribution in [3.63, 3.8) is 0 Å². The number of fused-ring (bicyclic) bond motifs is 1. The van der Waals surface area contributed by atoms with Gasteiger partial charge in [0, 0.05) is 29.2 Å². The van der Waals surface area contributed by atoms with Crippen LogP contribution in [0.25, 0.3) is 10.9 Å². The van der Waals surface area contributed by atoms with E-state index in [4.69, 9.17) is 28.9 Å². The molecule has 2 aromatic rings. The fourth-order valence-corrected chi connectivity index (χ4v) is 2.75. The molecule has 0 saturated heterocycles. The third kappa shape index (κ3) is 1.71. The Hall–Kier alpha value is -0.700. The molecule has 0 radical (unpaired) electrons. The van der Waals surface area contributed by atoms with Crippen LogP contribution in [0.3, 0.4) is 0 Å². The zero-order valence-corrected chi connectivity index (χ0v) is 10.9. The highest BCUT2D eigenvalue weighted by Crippen LogP contribution is 2.33. The second kappa shape index (κ2) is 4.28. The summed E-state index contributed by atoms with van der Waals surface area (Å²) in [6, 6.07) is 3.73. The van der Waals surface area contributed by atoms with Crippen molar-refractivity contribution >= 4 is 34.1 Å². The minimum absolute atomic E-state index is 0.605. The van der Waals surface area contributed by atoms with Gasteiger partial charge in [-0.15, -0.1) is 0 Å². The Balaban J connectivity index is 2.85. The zero-order valence-electron chi connectivity index (χ0n) is 9.35. The van der Waals surface area contributed by atoms with Crippen molar-refractivity contribution in [2.45, 2.75) is 20.4 Å². The second-order valence-electron chi connectivity index (χ2n) is 3.93. The van der Waals surface area contributed by atoms with Crippen LogP contribution in [-0.4, -0.2) is 11.1 Å². The summed E-state index contributed by atoms with van der Waals surface area (Å²) in [5, 5.41) is 2.45. The molecule has 0 fully saturated rings. The van der Waals surface area contributed by atoms with Crippen molar-refractivity contribution in [1.29, 1.82) is 0 Å². The SMILES string of the molecule is Cc1c(C)n(CCN)c2cc(Cl)cc(Cl)c12. The van der Waals surface area contributed by atoms with Gasteiger partial charge in [0.05, 0.1) is 10.5 Å². The Morgan fingerprint density at radius 3 is 2.56 bits per heavy atom. The second-order valence-corrected chi connectivity index (χ2v) is 4.78. The van der Waals surface area contributed by atoms with Crippen LogP contribution in [0.1, 0.15) is 11.3 Å². The lowest BCUT2D eigenvalue weighted by molar-refractivity contribution is 0.713. The average Bonchev–Trinajstić information content (AvgIpc) is 2.44. The third-order valence-electron chi connectivity index (χ3n) is 3.00. The monoisotopic (exact) mass is 256 g/mol. The van der Waals surface area contributed by atoms with Crippen LogP contribution >= 0.6 is 23.2 Å². The molecule has 0 aliphatic rings. The molecule has 1 heterocycles. The highest BCUT2D eigenvalue weighted by atomic mass is 35.5. The van der Waals surface area contributed by atoms with Gasteiger partial charge in [-0.25, -0.2) is 0 Å². The van der Waals surface area contributed by atoms with E-state index in [1.807, 2.05) is 6.07 Å². The number of aryl methyl sites for hydroxylation is 1. The van der Waals surface area contributed by atoms with Crippen LogP contribution in [0.2, 0.25) is 10.0 Å². The molecule has 0 saturated carbocycles. The van der Waals surface area contributed by atoms with Gasteiger partial charge in [0.25, 0.3) is 0 Å². The molecule has 0 aliphatic carbocycles. The van der Waals surface area contributed by atoms with Crippen molar-refractivity contribution in [3.05, 3.63) is 33.4 Å². The molecule has 0 spiro atoms. The first-order valence-electron chi connectivity index (χ1n) is 5.20. The standard InChI is InChI=1S/C12H14Cl2N2/c1-7-8(2)16(4-3-15)11-6-9(13)5-10(14)12(7)11/h5-6H,3-4,15H2,1-2H3. The summed E-state index contributed by atoms with van der Waals surface area (Å²) in [6.07, 6.45) is 0. The molecule has 2 rings (SSSR count). The number of halogens is 2. The lowest BCUT2D eigenvalue weighted by atomic mass is 10.1. The Bertz CT molecular complexity index is 544. The number of aromatic nitrogens is 1. The van der Waals surface area contributed by atoms with Gasteiger partial charge in [-0.05, 0) is 31.5 Å². The van der Waals surface area contributed by atoms with E-state index in [-0.39, 0.29) is 0 Å². The Morgan fingerprint density at radius 1 is 1.25 bits per heavy atom. The smallest absolute Gasteiger partial charge is 0.0517 e. The van der Waals surface area contributed by atoms with Crippen LogP contribution in [0.5, 0.6) is 0 Å². The number of benzene rings is 1. The van der Waals surface area contributed by atoms with Crippen molar-refractivity contribution in [1.82, 2.24) is 4.57 Å². The molecule has 0 amide bonds. The summed E-state index contributed by atoms with van der Waals surface area (Å²) in [5.74, 6) is 0. The molecular weight excluding hydrogens is 243 g/mol. The number of hydrogen-bond acceptors (Lipinski definition) is 1. The van der Waals surface area contributed by atoms with E-state index in [0.29, 0.717) is 16.6 Å². The summed E-state index contributed by atoms with van der Waals surface area (Å²) in [6.45, 7) is 5.54. The van der Waals surface area contributed by atoms with E-state index in [2.05, 4.69) is 18.4 Å². The van der Waals surface area contributed by atoms with E-state index in [1.54, 1.807) is 6.07 Å². The van der Waals surface area contributed by atoms with Crippen molar-refractivity contribution in [2.75, 3.05) is 6.54 Å². The van der Waals surface area contributed by atoms with Gasteiger partial charge in [0.1, 0.15) is 0 Å². The van der Waals surface area contributed by atoms with Crippen LogP contribution in [-0.2, 0) is 6.54 Å². The fraction of sp³-hybridized carbons (Fsp3) is 0.333. The average molecular weight is 257 g/mol. The maximum Gasteiger partial charge on any atom is 0.0517 e. The minimum atomic E-state index is 0.605. The Morgan fingerprint density at radius 2 is 1.94 bits per heavy atom. The van der Waals surface area contributed by atoms with E-state index < -0.39 is 0 Å². The molecule has 1 aromatic heterocycles. The lowest BCUT2D eigenvalue weighted by Crippen LogP contribution is -2.10. The maximum atomic E-state index is 6.22. The molecule has 2 nitrogen and oxygen atoms in total. The lowest BCUT2D eigenvalue weighted by Gasteiger charge is -2.06. The van der Waals surface area contributed by atoms with Crippen molar-refractivity contribution < 1.29 is 0 Å². The molecule has 16 heavy (non-hydrogen) atoms. The predicted molar refractivity (Wildman–Crippen MR) is 70.5 cm³/mol. The molecule has 1 aromatic carbocycles. The third-order valence-corrected chi connectivity index (χ3v) is 3.52. The summed E-state index contributed by atoms with van der Waals surface area (Å²) in [7, 11) is 0. The molecule has 0 atom stereocenters. The van der Waals surface area contributed by atoms with Gasteiger partial charge in [0.2, 0.25) is 0 Å². The number of nitrogens with two attached hydrogens (primary N) is 1. The number of rotatable bonds is 2. The topological polar surface area (TPSA) is 30.9 Å². The highest BCUT2D eigenvalue weighted by molar-refractivity contribution is 6.38. The number of hydrogen-bond donors (Lipinski definition) is 1. The summed E-state index contributed by atoms with van der Waals surface area (Å²) in [4.78, 5) is 0. The molecule has 0 unspecified atom stereocenters. The summed E-state index contributed by atoms with van der Waals surface area (Å²) >= 11 is 12.3. The van der Waals surface area contributed by atoms with Crippen molar-refractivity contribution in [3.8, 4) is 0 Å². The van der Waals surface area contributed by atoms with Gasteiger partial charge in [-0.3, -0.25) is 0 Å². The molecule has 2 N–H and O–H groups in total. The highest BCUT2D eigenvalue weighted by Gasteiger charge is 2.13. The first-order chi connectivity index (χ1) is 7.56. The van der Waals surface area contributed by atoms with Crippen LogP contribution in [0.4, 0.5) is 0 Å². The quantitative estimate of drug-likeness (QED) is 0.876. The molecule has 4 heteroatoms. The first-order valence-corrected chi connectivity index (χ1v) is 5.96. The van der Waals surface area contributed by atoms with Gasteiger partial charge >= 0.3 is 0 Å². The Kier molecular flexibility index (Phi) is 3.15. The Labute approximate surface area is 105 Å². The minimum Gasteiger partial charge on any atom is -0.343 e. The first kappa shape index (κ1) is 11.8. The molecule has 0 aliphatic heterocycles. The van der Waals surface area contributed by atoms with Crippen LogP contribution < -0.4 is 5.73 Å². The summed E-state index contributed by atoms with van der Waals surface area (Å²) < 4.78 is 2.17. The number of nitrogens with zero attached hydrogens (tertiary/aromatic N) is 1. The van der Waals surface area contributed by atoms with E-state index in [9.17, 15) is 0 Å². The van der Waals surface area contributed by atoms with Crippen LogP contribution in [0, 0.1) is 13.8 Å². The molecule has 0 bridgehead atoms. The normalized spacial score (nSPS) is 11.3. The van der Waals surface area contributed by atoms with Gasteiger partial charge in [-0.1, -0.05) is 23.2 Å². The van der Waals surface area contributed by atoms with E-state index >= 15 is 0 Å². The maximum absolute atomic E-state index is 6.22. The van der Waals surface area contributed by atoms with Crippen LogP contribution in [0.15, 0.2) is 12.1 Å². The predicted octanol–water partition coefficient (Wildman–Crippen LogP) is 3.52. The van der Waals surface area contributed by atoms with Gasteiger partial charge in [-0.2, -0.15) is 0 Å². The zero-order chi connectivity index (χ0) is 11.9. The van der Waals surface area contributed by atoms with Crippen molar-refractivity contribution in [2.24, 2.45) is 5.73 Å². The van der Waals surface area contributed by atoms with E-state index in [1.165, 1.54) is 11.3 Å². The fourth-order valence-electron chi connectivity index (χ4n) is 2.13. The molecule has 86 valence electrons. The van der Waals surface area contributed by atoms with Gasteiger partial charge < -0.3 is 10.3 Å². The van der Waals surface area contributed by atoms with Gasteiger partial charge in [0.15, 0.2) is 0 Å². The molecular formula is C12H14Cl2N2. The largest absolute Gasteiger partial charge is 0.343 e.